The lowest BCUT2D eigenvalue weighted by molar-refractivity contribution is -0.132. The van der Waals surface area contributed by atoms with Crippen molar-refractivity contribution in [1.29, 1.82) is 5.26 Å². The molecular formula is C25H27N5O2. The van der Waals surface area contributed by atoms with Gasteiger partial charge in [0.1, 0.15) is 11.2 Å². The Bertz CT molecular complexity index is 1140. The van der Waals surface area contributed by atoms with Crippen LogP contribution < -0.4 is 11.1 Å². The molecule has 164 valence electrons. The van der Waals surface area contributed by atoms with E-state index in [0.717, 1.165) is 35.5 Å². The van der Waals surface area contributed by atoms with Crippen LogP contribution in [0.4, 0.5) is 0 Å². The molecule has 3 N–H and O–H groups in total. The summed E-state index contributed by atoms with van der Waals surface area (Å²) in [6, 6.07) is 15.8. The quantitative estimate of drug-likeness (QED) is 0.521. The van der Waals surface area contributed by atoms with E-state index in [2.05, 4.69) is 16.4 Å². The first-order valence-corrected chi connectivity index (χ1v) is 10.9. The van der Waals surface area contributed by atoms with Crippen molar-refractivity contribution in [3.05, 3.63) is 59.9 Å². The molecule has 4 rings (SSSR count). The van der Waals surface area contributed by atoms with E-state index >= 15 is 0 Å². The molecule has 0 radical (unpaired) electrons. The molecule has 0 bridgehead atoms. The summed E-state index contributed by atoms with van der Waals surface area (Å²) in [7, 11) is 0. The maximum Gasteiger partial charge on any atom is 0.248 e. The highest BCUT2D eigenvalue weighted by atomic mass is 16.2. The number of amides is 2. The summed E-state index contributed by atoms with van der Waals surface area (Å²) in [5, 5.41) is 14.8. The van der Waals surface area contributed by atoms with Crippen LogP contribution in [0.15, 0.2) is 59.4 Å². The molecule has 2 aromatic rings. The molecule has 1 unspecified atom stereocenters. The van der Waals surface area contributed by atoms with Crippen LogP contribution in [-0.4, -0.2) is 35.6 Å². The van der Waals surface area contributed by atoms with Crippen LogP contribution in [0.3, 0.4) is 0 Å². The summed E-state index contributed by atoms with van der Waals surface area (Å²) in [5.74, 6) is 0.158. The normalized spacial score (nSPS) is 22.3. The third kappa shape index (κ3) is 4.09. The molecule has 0 spiro atoms. The molecule has 32 heavy (non-hydrogen) atoms. The van der Waals surface area contributed by atoms with E-state index in [1.54, 1.807) is 6.08 Å². The molecule has 2 aliphatic rings. The van der Waals surface area contributed by atoms with E-state index < -0.39 is 5.41 Å². The molecule has 7 nitrogen and oxygen atoms in total. The zero-order valence-corrected chi connectivity index (χ0v) is 18.1. The van der Waals surface area contributed by atoms with Gasteiger partial charge in [-0.1, -0.05) is 42.5 Å². The zero-order chi connectivity index (χ0) is 22.7. The van der Waals surface area contributed by atoms with Crippen molar-refractivity contribution in [1.82, 2.24) is 10.2 Å². The largest absolute Gasteiger partial charge is 0.390 e. The number of hydrogen-bond donors (Lipinski definition) is 2. The number of nitrogens with one attached hydrogen (secondary N) is 1. The predicted molar refractivity (Wildman–Crippen MR) is 123 cm³/mol. The number of carbonyl (C=O) groups is 2. The first-order valence-electron chi connectivity index (χ1n) is 10.9. The van der Waals surface area contributed by atoms with E-state index in [4.69, 9.17) is 5.73 Å². The van der Waals surface area contributed by atoms with Crippen LogP contribution in [0.5, 0.6) is 0 Å². The number of benzene rings is 2. The predicted octanol–water partition coefficient (Wildman–Crippen LogP) is 2.87. The molecule has 1 saturated carbocycles. The maximum absolute atomic E-state index is 13.1. The topological polar surface area (TPSA) is 112 Å². The van der Waals surface area contributed by atoms with E-state index in [9.17, 15) is 14.9 Å². The Morgan fingerprint density at radius 3 is 2.81 bits per heavy atom. The number of carbonyl (C=O) groups excluding carboxylic acids is 2. The first-order chi connectivity index (χ1) is 15.5. The number of nitriles is 1. The Hall–Kier alpha value is -3.66. The summed E-state index contributed by atoms with van der Waals surface area (Å²) < 4.78 is 0. The third-order valence-electron chi connectivity index (χ3n) is 6.33. The summed E-state index contributed by atoms with van der Waals surface area (Å²) in [6.07, 6.45) is 5.40. The van der Waals surface area contributed by atoms with Crippen LogP contribution in [0.1, 0.15) is 31.7 Å². The molecule has 1 aliphatic heterocycles. The number of hydrogen-bond acceptors (Lipinski definition) is 4. The van der Waals surface area contributed by atoms with Gasteiger partial charge in [0.25, 0.3) is 0 Å². The fourth-order valence-corrected chi connectivity index (χ4v) is 4.57. The number of rotatable bonds is 7. The molecule has 0 aromatic heterocycles. The van der Waals surface area contributed by atoms with Gasteiger partial charge < -0.3 is 11.1 Å². The van der Waals surface area contributed by atoms with Gasteiger partial charge in [0, 0.05) is 12.6 Å². The van der Waals surface area contributed by atoms with E-state index in [1.807, 2.05) is 49.4 Å². The highest BCUT2D eigenvalue weighted by Gasteiger charge is 2.57. The van der Waals surface area contributed by atoms with Gasteiger partial charge >= 0.3 is 0 Å². The first kappa shape index (κ1) is 21.6. The number of fused-ring (bicyclic) bond motifs is 1. The van der Waals surface area contributed by atoms with Crippen molar-refractivity contribution >= 4 is 28.9 Å². The van der Waals surface area contributed by atoms with Gasteiger partial charge in [-0.15, -0.1) is 0 Å². The molecule has 1 aliphatic carbocycles. The smallest absolute Gasteiger partial charge is 0.248 e. The van der Waals surface area contributed by atoms with E-state index in [0.29, 0.717) is 18.8 Å². The lowest BCUT2D eigenvalue weighted by atomic mass is 9.83. The highest BCUT2D eigenvalue weighted by molar-refractivity contribution is 5.91. The Morgan fingerprint density at radius 1 is 1.34 bits per heavy atom. The molecule has 1 saturated heterocycles. The Kier molecular flexibility index (Phi) is 5.95. The molecule has 7 heteroatoms. The van der Waals surface area contributed by atoms with Gasteiger partial charge in [0.2, 0.25) is 11.8 Å². The SMILES string of the molecule is CC(/C=C(\N=C/N)N1CC[C@@](C#N)(C2CC2)C1=O)NC(=O)Cc1cccc2ccccc12. The Labute approximate surface area is 187 Å². The van der Waals surface area contributed by atoms with E-state index in [-0.39, 0.29) is 30.2 Å². The fraction of sp³-hybridized carbons (Fsp3) is 0.360. The Balaban J connectivity index is 1.47. The van der Waals surface area contributed by atoms with E-state index in [1.165, 1.54) is 4.90 Å². The minimum Gasteiger partial charge on any atom is -0.390 e. The molecule has 1 heterocycles. The molecule has 2 fully saturated rings. The average Bonchev–Trinajstić information content (AvgIpc) is 3.57. The summed E-state index contributed by atoms with van der Waals surface area (Å²) >= 11 is 0. The molecular weight excluding hydrogens is 402 g/mol. The van der Waals surface area contributed by atoms with Crippen LogP contribution in [0, 0.1) is 22.7 Å². The molecule has 2 aromatic carbocycles. The third-order valence-corrected chi connectivity index (χ3v) is 6.33. The van der Waals surface area contributed by atoms with Crippen molar-refractivity contribution in [2.75, 3.05) is 6.54 Å². The van der Waals surface area contributed by atoms with Crippen LogP contribution in [0.2, 0.25) is 0 Å². The number of nitrogens with two attached hydrogens (primary N) is 1. The number of likely N-dealkylation sites (tertiary alicyclic amines) is 1. The monoisotopic (exact) mass is 429 g/mol. The van der Waals surface area contributed by atoms with Gasteiger partial charge in [-0.2, -0.15) is 5.26 Å². The fourth-order valence-electron chi connectivity index (χ4n) is 4.57. The standard InChI is InChI=1S/C25H27N5O2/c1-17(29-23(31)14-19-7-4-6-18-5-2-3-8-21(18)19)13-22(28-16-27)30-12-11-25(15-26,24(30)32)20-9-10-20/h2-8,13,16-17,20H,9-12,14H2,1H3,(H2,27,28)(H,29,31)/b22-13+/t17?,25-/m1/s1. The average molecular weight is 430 g/mol. The lowest BCUT2D eigenvalue weighted by Gasteiger charge is -2.22. The highest BCUT2D eigenvalue weighted by Crippen LogP contribution is 2.51. The van der Waals surface area contributed by atoms with Crippen LogP contribution >= 0.6 is 0 Å². The van der Waals surface area contributed by atoms with Crippen molar-refractivity contribution in [3.8, 4) is 6.07 Å². The van der Waals surface area contributed by atoms with Gasteiger partial charge in [-0.05, 0) is 54.5 Å². The second-order valence-corrected chi connectivity index (χ2v) is 8.54. The number of aliphatic imine (C=N–C) groups is 1. The van der Waals surface area contributed by atoms with Gasteiger partial charge in [0.15, 0.2) is 0 Å². The Morgan fingerprint density at radius 2 is 2.09 bits per heavy atom. The lowest BCUT2D eigenvalue weighted by Crippen LogP contribution is -2.36. The van der Waals surface area contributed by atoms with Gasteiger partial charge in [-0.25, -0.2) is 4.99 Å². The second-order valence-electron chi connectivity index (χ2n) is 8.54. The van der Waals surface area contributed by atoms with Crippen LogP contribution in [0.25, 0.3) is 10.8 Å². The van der Waals surface area contributed by atoms with Crippen LogP contribution in [-0.2, 0) is 16.0 Å². The maximum atomic E-state index is 13.1. The van der Waals surface area contributed by atoms with Gasteiger partial charge in [0.05, 0.1) is 18.8 Å². The summed E-state index contributed by atoms with van der Waals surface area (Å²) in [6.45, 7) is 2.24. The minimum absolute atomic E-state index is 0.127. The van der Waals surface area contributed by atoms with Gasteiger partial charge in [-0.3, -0.25) is 14.5 Å². The van der Waals surface area contributed by atoms with Crippen molar-refractivity contribution < 1.29 is 9.59 Å². The molecule has 2 atom stereocenters. The van der Waals surface area contributed by atoms with Crippen molar-refractivity contribution in [3.63, 3.8) is 0 Å². The zero-order valence-electron chi connectivity index (χ0n) is 18.1. The number of nitrogens with zero attached hydrogens (tertiary/aromatic N) is 3. The summed E-state index contributed by atoms with van der Waals surface area (Å²) in [4.78, 5) is 31.5. The second kappa shape index (κ2) is 8.83. The van der Waals surface area contributed by atoms with Crippen molar-refractivity contribution in [2.45, 2.75) is 38.6 Å². The van der Waals surface area contributed by atoms with Crippen molar-refractivity contribution in [2.24, 2.45) is 22.1 Å². The summed E-state index contributed by atoms with van der Waals surface area (Å²) in [5.41, 5.74) is 5.52. The molecule has 2 amide bonds. The minimum atomic E-state index is -0.954.